The van der Waals surface area contributed by atoms with Gasteiger partial charge in [-0.3, -0.25) is 0 Å². The summed E-state index contributed by atoms with van der Waals surface area (Å²) in [6.07, 6.45) is 6.14. The molecule has 2 heterocycles. The van der Waals surface area contributed by atoms with E-state index in [-0.39, 0.29) is 23.7 Å². The average molecular weight is 447 g/mol. The second-order valence-electron chi connectivity index (χ2n) is 9.65. The number of ether oxygens (including phenoxy) is 4. The Morgan fingerprint density at radius 2 is 2.03 bits per heavy atom. The van der Waals surface area contributed by atoms with E-state index < -0.39 is 36.2 Å². The van der Waals surface area contributed by atoms with Crippen LogP contribution in [0.3, 0.4) is 0 Å². The van der Waals surface area contributed by atoms with Gasteiger partial charge in [-0.15, -0.1) is 0 Å². The third-order valence-corrected chi connectivity index (χ3v) is 7.30. The molecule has 6 heteroatoms. The highest BCUT2D eigenvalue weighted by molar-refractivity contribution is 5.75. The van der Waals surface area contributed by atoms with Crippen LogP contribution >= 0.6 is 0 Å². The second kappa shape index (κ2) is 9.54. The van der Waals surface area contributed by atoms with Crippen LogP contribution in [0.25, 0.3) is 0 Å². The predicted octanol–water partition coefficient (Wildman–Crippen LogP) is 4.31. The van der Waals surface area contributed by atoms with Crippen molar-refractivity contribution >= 4 is 5.97 Å². The molecule has 0 amide bonds. The molecule has 0 fully saturated rings. The lowest BCUT2D eigenvalue weighted by Gasteiger charge is -2.43. The number of aliphatic hydroxyl groups excluding tert-OH is 1. The molecule has 178 valence electrons. The van der Waals surface area contributed by atoms with E-state index >= 15 is 0 Å². The van der Waals surface area contributed by atoms with E-state index in [2.05, 4.69) is 37.8 Å². The second-order valence-corrected chi connectivity index (χ2v) is 9.65. The summed E-state index contributed by atoms with van der Waals surface area (Å²) < 4.78 is 23.7. The molecule has 9 atom stereocenters. The fourth-order valence-electron chi connectivity index (χ4n) is 5.15. The van der Waals surface area contributed by atoms with Gasteiger partial charge < -0.3 is 24.1 Å². The van der Waals surface area contributed by atoms with Crippen molar-refractivity contribution in [1.82, 2.24) is 0 Å². The Kier molecular flexibility index (Phi) is 7.38. The van der Waals surface area contributed by atoms with Crippen molar-refractivity contribution in [2.75, 3.05) is 7.11 Å². The Hall–Kier alpha value is -1.89. The summed E-state index contributed by atoms with van der Waals surface area (Å²) in [6, 6.07) is 0. The quantitative estimate of drug-likeness (QED) is 0.394. The molecule has 2 aliphatic heterocycles. The molecule has 0 saturated heterocycles. The Balaban J connectivity index is 2.12. The number of esters is 1. The number of rotatable bonds is 4. The molecule has 0 aromatic carbocycles. The molecule has 1 aliphatic carbocycles. The van der Waals surface area contributed by atoms with Crippen LogP contribution in [0, 0.1) is 23.7 Å². The molecule has 3 rings (SSSR count). The van der Waals surface area contributed by atoms with Gasteiger partial charge in [0, 0.05) is 24.9 Å². The molecule has 0 radical (unpaired) electrons. The lowest BCUT2D eigenvalue weighted by atomic mass is 9.71. The number of hydrogen-bond donors (Lipinski definition) is 1. The van der Waals surface area contributed by atoms with Crippen molar-refractivity contribution in [2.24, 2.45) is 23.7 Å². The highest BCUT2D eigenvalue weighted by Gasteiger charge is 2.49. The minimum Gasteiger partial charge on any atom is -0.492 e. The number of aliphatic hydroxyl groups is 1. The molecule has 32 heavy (non-hydrogen) atoms. The predicted molar refractivity (Wildman–Crippen MR) is 122 cm³/mol. The maximum absolute atomic E-state index is 13.1. The largest absolute Gasteiger partial charge is 0.492 e. The van der Waals surface area contributed by atoms with Crippen LogP contribution in [0.2, 0.25) is 0 Å². The summed E-state index contributed by atoms with van der Waals surface area (Å²) in [4.78, 5) is 13.1. The fourth-order valence-corrected chi connectivity index (χ4v) is 5.15. The highest BCUT2D eigenvalue weighted by atomic mass is 16.6. The van der Waals surface area contributed by atoms with E-state index in [0.29, 0.717) is 12.2 Å². The minimum atomic E-state index is -0.933. The average Bonchev–Trinajstić information content (AvgIpc) is 2.80. The summed E-state index contributed by atoms with van der Waals surface area (Å²) in [5.41, 5.74) is 1.24. The summed E-state index contributed by atoms with van der Waals surface area (Å²) in [6.45, 7) is 15.6. The van der Waals surface area contributed by atoms with E-state index in [1.54, 1.807) is 6.92 Å². The molecule has 1 spiro atoms. The first-order chi connectivity index (χ1) is 15.0. The van der Waals surface area contributed by atoms with Crippen molar-refractivity contribution < 1.29 is 28.8 Å². The van der Waals surface area contributed by atoms with Crippen LogP contribution in [0.1, 0.15) is 48.0 Å². The molecule has 6 nitrogen and oxygen atoms in total. The van der Waals surface area contributed by atoms with Crippen molar-refractivity contribution in [3.63, 3.8) is 0 Å². The van der Waals surface area contributed by atoms with Crippen molar-refractivity contribution in [3.05, 3.63) is 47.8 Å². The smallest absolute Gasteiger partial charge is 0.335 e. The molecule has 0 saturated carbocycles. The maximum atomic E-state index is 13.1. The van der Waals surface area contributed by atoms with E-state index in [4.69, 9.17) is 18.9 Å². The monoisotopic (exact) mass is 446 g/mol. The van der Waals surface area contributed by atoms with Gasteiger partial charge in [0.2, 0.25) is 0 Å². The molecular formula is C26H38O6. The van der Waals surface area contributed by atoms with Crippen LogP contribution in [-0.2, 0) is 23.7 Å². The number of cyclic esters (lactones) is 1. The zero-order valence-corrected chi connectivity index (χ0v) is 20.3. The van der Waals surface area contributed by atoms with Gasteiger partial charge in [0.15, 0.2) is 12.4 Å². The molecule has 4 unspecified atom stereocenters. The van der Waals surface area contributed by atoms with Crippen LogP contribution in [0.5, 0.6) is 0 Å². The summed E-state index contributed by atoms with van der Waals surface area (Å²) >= 11 is 0. The summed E-state index contributed by atoms with van der Waals surface area (Å²) in [5, 5.41) is 10.9. The van der Waals surface area contributed by atoms with E-state index in [0.717, 1.165) is 11.1 Å². The third-order valence-electron chi connectivity index (χ3n) is 7.30. The lowest BCUT2D eigenvalue weighted by molar-refractivity contribution is -0.195. The number of methoxy groups -OCH3 is 1. The first kappa shape index (κ1) is 24.7. The molecular weight excluding hydrogens is 408 g/mol. The van der Waals surface area contributed by atoms with Crippen LogP contribution in [-0.4, -0.2) is 48.4 Å². The zero-order valence-electron chi connectivity index (χ0n) is 20.3. The summed E-state index contributed by atoms with van der Waals surface area (Å²) in [7, 11) is 1.51. The van der Waals surface area contributed by atoms with Gasteiger partial charge in [0.1, 0.15) is 17.8 Å². The highest BCUT2D eigenvalue weighted by Crippen LogP contribution is 2.47. The fraction of sp³-hybridized carbons (Fsp3) is 0.654. The number of carbonyl (C=O) groups is 1. The molecule has 3 aliphatic rings. The van der Waals surface area contributed by atoms with E-state index in [1.807, 2.05) is 27.7 Å². The first-order valence-electron chi connectivity index (χ1n) is 11.5. The number of hydrogen-bond acceptors (Lipinski definition) is 6. The molecule has 0 aromatic heterocycles. The Labute approximate surface area is 191 Å². The normalized spacial score (nSPS) is 42.4. The van der Waals surface area contributed by atoms with Crippen LogP contribution in [0.4, 0.5) is 0 Å². The van der Waals surface area contributed by atoms with E-state index in [9.17, 15) is 9.90 Å². The van der Waals surface area contributed by atoms with Crippen molar-refractivity contribution in [3.8, 4) is 0 Å². The topological polar surface area (TPSA) is 74.2 Å². The Bertz CT molecular complexity index is 826. The zero-order chi connectivity index (χ0) is 23.8. The number of allylic oxidation sites excluding steroid dienone is 3. The van der Waals surface area contributed by atoms with Crippen LogP contribution < -0.4 is 0 Å². The number of carbonyl (C=O) groups excluding carboxylic acids is 1. The van der Waals surface area contributed by atoms with Crippen molar-refractivity contribution in [2.45, 2.75) is 78.2 Å². The van der Waals surface area contributed by atoms with Gasteiger partial charge in [-0.05, 0) is 50.3 Å². The van der Waals surface area contributed by atoms with Crippen LogP contribution in [0.15, 0.2) is 47.8 Å². The van der Waals surface area contributed by atoms with Gasteiger partial charge in [0.25, 0.3) is 0 Å². The van der Waals surface area contributed by atoms with Gasteiger partial charge in [-0.25, -0.2) is 4.79 Å². The molecule has 1 N–H and O–H groups in total. The van der Waals surface area contributed by atoms with Gasteiger partial charge in [-0.2, -0.15) is 0 Å². The Morgan fingerprint density at radius 3 is 2.66 bits per heavy atom. The van der Waals surface area contributed by atoms with Gasteiger partial charge in [0.05, 0.1) is 5.76 Å². The summed E-state index contributed by atoms with van der Waals surface area (Å²) in [5.74, 6) is -0.153. The Morgan fingerprint density at radius 1 is 1.34 bits per heavy atom. The van der Waals surface area contributed by atoms with Gasteiger partial charge in [-0.1, -0.05) is 45.6 Å². The minimum absolute atomic E-state index is 0.0652. The SMILES string of the molecule is C=C(C)OC(C)[C@H]1OC(=O)[C@@H](OC)C[C@H]2C=CC3=CC2(OC(O)[C@@H](C)[C@H]3C)/C(C)=C/C1C. The lowest BCUT2D eigenvalue weighted by Crippen LogP contribution is -2.48. The van der Waals surface area contributed by atoms with E-state index in [1.165, 1.54) is 7.11 Å². The third kappa shape index (κ3) is 4.59. The first-order valence-corrected chi connectivity index (χ1v) is 11.5. The van der Waals surface area contributed by atoms with Gasteiger partial charge >= 0.3 is 5.97 Å². The maximum Gasteiger partial charge on any atom is 0.335 e. The standard InChI is InChI=1S/C26H38O6/c1-14(2)30-19(7)23-15(3)11-16(4)26-13-20(17(5)18(6)24(27)32-26)9-10-21(26)12-22(29-8)25(28)31-23/h9-11,13,15,17-19,21-24,27H,1,12H2,2-8H3/b16-11+/t15?,17-,18+,19?,21-,22+,23+,24?,26?/m1/s1. The van der Waals surface area contributed by atoms with Crippen molar-refractivity contribution in [1.29, 1.82) is 0 Å². The molecule has 0 aromatic rings. The molecule has 2 bridgehead atoms.